The second-order valence-electron chi connectivity index (χ2n) is 5.83. The van der Waals surface area contributed by atoms with Gasteiger partial charge in [0, 0.05) is 32.9 Å². The summed E-state index contributed by atoms with van der Waals surface area (Å²) in [5.41, 5.74) is 1.10. The number of nitrogens with zero attached hydrogens (tertiary/aromatic N) is 4. The molecule has 3 rings (SSSR count). The van der Waals surface area contributed by atoms with Gasteiger partial charge < -0.3 is 14.2 Å². The second-order valence-corrected chi connectivity index (χ2v) is 5.83. The third-order valence-electron chi connectivity index (χ3n) is 4.50. The summed E-state index contributed by atoms with van der Waals surface area (Å²) in [5.74, 6) is -0.00331. The van der Waals surface area contributed by atoms with Gasteiger partial charge in [-0.05, 0) is 19.5 Å². The van der Waals surface area contributed by atoms with Crippen molar-refractivity contribution in [2.45, 2.75) is 18.6 Å². The van der Waals surface area contributed by atoms with Crippen LogP contribution in [0.5, 0.6) is 0 Å². The summed E-state index contributed by atoms with van der Waals surface area (Å²) in [4.78, 5) is 16.8. The number of likely N-dealkylation sites (N-methyl/N-ethyl adjacent to an activating group) is 1. The molecule has 0 unspecified atom stereocenters. The highest BCUT2D eigenvalue weighted by Crippen LogP contribution is 2.23. The third kappa shape index (κ3) is 2.55. The number of hydrogen-bond donors (Lipinski definition) is 0. The Hall–Kier alpha value is -1.84. The smallest absolute Gasteiger partial charge is 0.270 e. The monoisotopic (exact) mass is 288 g/mol. The van der Waals surface area contributed by atoms with E-state index in [0.29, 0.717) is 24.3 Å². The van der Waals surface area contributed by atoms with Crippen molar-refractivity contribution in [1.29, 1.82) is 5.26 Å². The highest BCUT2D eigenvalue weighted by molar-refractivity contribution is 5.93. The van der Waals surface area contributed by atoms with Gasteiger partial charge in [-0.2, -0.15) is 5.26 Å². The van der Waals surface area contributed by atoms with Crippen LogP contribution in [0.2, 0.25) is 0 Å². The number of ether oxygens (including phenoxy) is 1. The first-order valence-corrected chi connectivity index (χ1v) is 7.27. The molecule has 0 saturated carbocycles. The van der Waals surface area contributed by atoms with E-state index in [1.807, 2.05) is 4.90 Å². The van der Waals surface area contributed by atoms with Crippen molar-refractivity contribution in [3.8, 4) is 6.07 Å². The standard InChI is InChI=1S/C15H20N4O2/c1-17-5-6-21-14-3-4-19(10-13(14)17)15(20)12-7-11(8-16)9-18(12)2/h7,9,13-14H,3-6,10H2,1-2H3/t13-,14-/m0/s1. The van der Waals surface area contributed by atoms with E-state index in [1.165, 1.54) is 0 Å². The lowest BCUT2D eigenvalue weighted by Gasteiger charge is -2.45. The number of morpholine rings is 1. The van der Waals surface area contributed by atoms with Crippen molar-refractivity contribution in [2.75, 3.05) is 33.3 Å². The predicted octanol–water partition coefficient (Wildman–Crippen LogP) is 0.442. The number of aromatic nitrogens is 1. The Morgan fingerprint density at radius 2 is 2.24 bits per heavy atom. The van der Waals surface area contributed by atoms with Gasteiger partial charge in [-0.3, -0.25) is 9.69 Å². The van der Waals surface area contributed by atoms with Crippen LogP contribution in [0, 0.1) is 11.3 Å². The van der Waals surface area contributed by atoms with E-state index in [1.54, 1.807) is 23.9 Å². The normalized spacial score (nSPS) is 26.2. The molecule has 0 radical (unpaired) electrons. The molecule has 2 fully saturated rings. The lowest BCUT2D eigenvalue weighted by atomic mass is 9.99. The van der Waals surface area contributed by atoms with Crippen LogP contribution < -0.4 is 0 Å². The van der Waals surface area contributed by atoms with E-state index in [2.05, 4.69) is 18.0 Å². The van der Waals surface area contributed by atoms with Crippen molar-refractivity contribution >= 4 is 5.91 Å². The van der Waals surface area contributed by atoms with E-state index in [-0.39, 0.29) is 18.1 Å². The molecule has 2 atom stereocenters. The molecule has 21 heavy (non-hydrogen) atoms. The summed E-state index contributed by atoms with van der Waals surface area (Å²) in [6, 6.07) is 4.01. The molecule has 3 heterocycles. The van der Waals surface area contributed by atoms with Gasteiger partial charge in [0.1, 0.15) is 11.8 Å². The minimum Gasteiger partial charge on any atom is -0.375 e. The van der Waals surface area contributed by atoms with Crippen LogP contribution in [0.4, 0.5) is 0 Å². The Kier molecular flexibility index (Phi) is 3.70. The number of likely N-dealkylation sites (tertiary alicyclic amines) is 1. The van der Waals surface area contributed by atoms with Crippen molar-refractivity contribution in [3.63, 3.8) is 0 Å². The molecule has 1 aromatic rings. The summed E-state index contributed by atoms with van der Waals surface area (Å²) in [5, 5.41) is 8.95. The molecule has 1 amide bonds. The molecule has 0 aliphatic carbocycles. The van der Waals surface area contributed by atoms with Crippen molar-refractivity contribution in [1.82, 2.24) is 14.4 Å². The first-order chi connectivity index (χ1) is 10.1. The number of nitriles is 1. The molecule has 0 aromatic carbocycles. The van der Waals surface area contributed by atoms with Crippen LogP contribution in [-0.4, -0.2) is 65.7 Å². The summed E-state index contributed by atoms with van der Waals surface area (Å²) in [6.07, 6.45) is 2.79. The van der Waals surface area contributed by atoms with E-state index < -0.39 is 0 Å². The summed E-state index contributed by atoms with van der Waals surface area (Å²) >= 11 is 0. The summed E-state index contributed by atoms with van der Waals surface area (Å²) in [7, 11) is 3.89. The van der Waals surface area contributed by atoms with E-state index in [9.17, 15) is 4.79 Å². The number of amides is 1. The van der Waals surface area contributed by atoms with Crippen molar-refractivity contribution in [3.05, 3.63) is 23.5 Å². The largest absolute Gasteiger partial charge is 0.375 e. The molecule has 2 aliphatic heterocycles. The first-order valence-electron chi connectivity index (χ1n) is 7.27. The zero-order valence-corrected chi connectivity index (χ0v) is 12.5. The summed E-state index contributed by atoms with van der Waals surface area (Å²) in [6.45, 7) is 3.08. The lowest BCUT2D eigenvalue weighted by molar-refractivity contribution is -0.0894. The fourth-order valence-electron chi connectivity index (χ4n) is 3.23. The highest BCUT2D eigenvalue weighted by atomic mass is 16.5. The Morgan fingerprint density at radius 3 is 2.95 bits per heavy atom. The van der Waals surface area contributed by atoms with Gasteiger partial charge in [0.15, 0.2) is 0 Å². The van der Waals surface area contributed by atoms with Crippen LogP contribution in [0.15, 0.2) is 12.3 Å². The number of carbonyl (C=O) groups is 1. The molecule has 2 saturated heterocycles. The van der Waals surface area contributed by atoms with Crippen LogP contribution in [0.1, 0.15) is 22.5 Å². The van der Waals surface area contributed by atoms with Crippen LogP contribution >= 0.6 is 0 Å². The third-order valence-corrected chi connectivity index (χ3v) is 4.50. The number of hydrogen-bond acceptors (Lipinski definition) is 4. The minimum atomic E-state index is -0.00331. The fourth-order valence-corrected chi connectivity index (χ4v) is 3.23. The second kappa shape index (κ2) is 5.51. The molecule has 6 nitrogen and oxygen atoms in total. The topological polar surface area (TPSA) is 61.5 Å². The van der Waals surface area contributed by atoms with Gasteiger partial charge in [0.05, 0.1) is 24.3 Å². The van der Waals surface area contributed by atoms with Gasteiger partial charge in [0.25, 0.3) is 5.91 Å². The van der Waals surface area contributed by atoms with Gasteiger partial charge in [-0.25, -0.2) is 0 Å². The average Bonchev–Trinajstić information content (AvgIpc) is 2.88. The quantitative estimate of drug-likeness (QED) is 0.752. The number of rotatable bonds is 1. The molecular weight excluding hydrogens is 268 g/mol. The molecule has 112 valence electrons. The maximum atomic E-state index is 12.7. The fraction of sp³-hybridized carbons (Fsp3) is 0.600. The first kappa shape index (κ1) is 14.1. The molecule has 2 aliphatic rings. The van der Waals surface area contributed by atoms with E-state index in [4.69, 9.17) is 10.00 Å². The van der Waals surface area contributed by atoms with Gasteiger partial charge >= 0.3 is 0 Å². The van der Waals surface area contributed by atoms with Crippen molar-refractivity contribution < 1.29 is 9.53 Å². The lowest BCUT2D eigenvalue weighted by Crippen LogP contribution is -2.59. The van der Waals surface area contributed by atoms with Crippen molar-refractivity contribution in [2.24, 2.45) is 7.05 Å². The molecular formula is C15H20N4O2. The van der Waals surface area contributed by atoms with Gasteiger partial charge in [-0.15, -0.1) is 0 Å². The molecule has 0 spiro atoms. The number of piperidine rings is 1. The van der Waals surface area contributed by atoms with Crippen LogP contribution in [-0.2, 0) is 11.8 Å². The number of aryl methyl sites for hydroxylation is 1. The molecule has 0 N–H and O–H groups in total. The Morgan fingerprint density at radius 1 is 1.43 bits per heavy atom. The minimum absolute atomic E-state index is 0.00331. The van der Waals surface area contributed by atoms with Gasteiger partial charge in [-0.1, -0.05) is 0 Å². The number of fused-ring (bicyclic) bond motifs is 1. The molecule has 1 aromatic heterocycles. The van der Waals surface area contributed by atoms with Gasteiger partial charge in [0.2, 0.25) is 0 Å². The Balaban J connectivity index is 1.76. The zero-order valence-electron chi connectivity index (χ0n) is 12.5. The average molecular weight is 288 g/mol. The van der Waals surface area contributed by atoms with E-state index in [0.717, 1.165) is 19.6 Å². The number of carbonyl (C=O) groups excluding carboxylic acids is 1. The molecule has 0 bridgehead atoms. The SMILES string of the molecule is CN1CCO[C@H]2CCN(C(=O)c3cc(C#N)cn3C)C[C@@H]21. The van der Waals surface area contributed by atoms with E-state index >= 15 is 0 Å². The maximum Gasteiger partial charge on any atom is 0.270 e. The Bertz CT molecular complexity index is 589. The molecule has 6 heteroatoms. The van der Waals surface area contributed by atoms with Crippen LogP contribution in [0.3, 0.4) is 0 Å². The van der Waals surface area contributed by atoms with Crippen LogP contribution in [0.25, 0.3) is 0 Å². The Labute approximate surface area is 124 Å². The maximum absolute atomic E-state index is 12.7. The zero-order chi connectivity index (χ0) is 15.0. The highest BCUT2D eigenvalue weighted by Gasteiger charge is 2.37. The predicted molar refractivity (Wildman–Crippen MR) is 76.8 cm³/mol. The summed E-state index contributed by atoms with van der Waals surface area (Å²) < 4.78 is 7.53.